The molecule has 0 amide bonds. The molecule has 0 N–H and O–H groups in total. The molecule has 0 nitrogen and oxygen atoms in total. The molecule has 0 aliphatic rings. The van der Waals surface area contributed by atoms with E-state index in [-0.39, 0.29) is 111 Å². The van der Waals surface area contributed by atoms with Crippen LogP contribution in [0.1, 0.15) is 2.85 Å². The second-order valence-corrected chi connectivity index (χ2v) is 0. The van der Waals surface area contributed by atoms with E-state index in [2.05, 4.69) is 0 Å². The standard InChI is InChI=1S/K.Na.2H2S.2H/h;;2*1H2;;/q2*+1;;;2*-1. The van der Waals surface area contributed by atoms with Crippen molar-refractivity contribution in [2.75, 3.05) is 0 Å². The molecule has 0 fully saturated rings. The Balaban J connectivity index is 0. The van der Waals surface area contributed by atoms with Gasteiger partial charge in [-0.2, -0.15) is 27.0 Å². The summed E-state index contributed by atoms with van der Waals surface area (Å²) < 4.78 is 0. The smallest absolute Gasteiger partial charge is 1.00 e. The minimum atomic E-state index is 0. The molecule has 0 rings (SSSR count). The van der Waals surface area contributed by atoms with Crippen LogP contribution in [0.5, 0.6) is 0 Å². The van der Waals surface area contributed by atoms with E-state index >= 15 is 0 Å². The minimum Gasteiger partial charge on any atom is -1.00 e. The van der Waals surface area contributed by atoms with E-state index in [4.69, 9.17) is 0 Å². The quantitative estimate of drug-likeness (QED) is 0.288. The zero-order valence-electron chi connectivity index (χ0n) is 5.00. The van der Waals surface area contributed by atoms with E-state index in [0.29, 0.717) is 0 Å². The fourth-order valence-electron chi connectivity index (χ4n) is 0. The van der Waals surface area contributed by atoms with Gasteiger partial charge in [0, 0.05) is 0 Å². The first kappa shape index (κ1) is 26.5. The average molecular weight is 132 g/mol. The maximum atomic E-state index is 0. The van der Waals surface area contributed by atoms with Crippen LogP contribution in [-0.2, 0) is 0 Å². The molecule has 0 aliphatic carbocycles. The molecule has 0 radical (unpaired) electrons. The number of hydrogen-bond acceptors (Lipinski definition) is 0. The van der Waals surface area contributed by atoms with Gasteiger partial charge in [0.15, 0.2) is 0 Å². The SMILES string of the molecule is S.S.[H-].[H-].[K+].[Na+]. The second kappa shape index (κ2) is 16.2. The van der Waals surface area contributed by atoms with E-state index in [1.807, 2.05) is 0 Å². The molecule has 0 unspecified atom stereocenters. The maximum Gasteiger partial charge on any atom is 1.00 e. The molecular formula is H6KNaS2. The molecular weight excluding hydrogens is 126 g/mol. The van der Waals surface area contributed by atoms with E-state index in [1.165, 1.54) is 0 Å². The van der Waals surface area contributed by atoms with Crippen LogP contribution < -0.4 is 80.9 Å². The molecule has 0 atom stereocenters. The van der Waals surface area contributed by atoms with Crippen molar-refractivity contribution in [2.24, 2.45) is 0 Å². The summed E-state index contributed by atoms with van der Waals surface area (Å²) in [5.74, 6) is 0. The van der Waals surface area contributed by atoms with Gasteiger partial charge in [0.1, 0.15) is 0 Å². The molecule has 4 heteroatoms. The zero-order chi connectivity index (χ0) is 0. The van der Waals surface area contributed by atoms with Crippen LogP contribution in [0.4, 0.5) is 0 Å². The third-order valence-electron chi connectivity index (χ3n) is 0. The van der Waals surface area contributed by atoms with Gasteiger partial charge in [0.2, 0.25) is 0 Å². The Hall–Kier alpha value is 3.34. The Morgan fingerprint density at radius 2 is 1.00 bits per heavy atom. The predicted molar refractivity (Wildman–Crippen MR) is 23.0 cm³/mol. The van der Waals surface area contributed by atoms with Crippen molar-refractivity contribution in [1.82, 2.24) is 0 Å². The van der Waals surface area contributed by atoms with Crippen molar-refractivity contribution in [3.63, 3.8) is 0 Å². The minimum absolute atomic E-state index is 0. The summed E-state index contributed by atoms with van der Waals surface area (Å²) in [6, 6.07) is 0. The van der Waals surface area contributed by atoms with Gasteiger partial charge < -0.3 is 2.85 Å². The monoisotopic (exact) mass is 132 g/mol. The van der Waals surface area contributed by atoms with Gasteiger partial charge in [-0.25, -0.2) is 0 Å². The van der Waals surface area contributed by atoms with Crippen molar-refractivity contribution in [1.29, 1.82) is 0 Å². The van der Waals surface area contributed by atoms with Crippen molar-refractivity contribution < 1.29 is 83.8 Å². The summed E-state index contributed by atoms with van der Waals surface area (Å²) in [5, 5.41) is 0. The number of rotatable bonds is 0. The van der Waals surface area contributed by atoms with Crippen molar-refractivity contribution in [3.8, 4) is 0 Å². The van der Waals surface area contributed by atoms with Crippen molar-refractivity contribution >= 4 is 27.0 Å². The third kappa shape index (κ3) is 9.01. The fourth-order valence-corrected chi connectivity index (χ4v) is 0. The summed E-state index contributed by atoms with van der Waals surface area (Å²) >= 11 is 0. The van der Waals surface area contributed by atoms with Crippen LogP contribution in [0.3, 0.4) is 0 Å². The molecule has 0 aliphatic heterocycles. The van der Waals surface area contributed by atoms with Crippen LogP contribution >= 0.6 is 27.0 Å². The van der Waals surface area contributed by atoms with Gasteiger partial charge >= 0.3 is 80.9 Å². The summed E-state index contributed by atoms with van der Waals surface area (Å²) in [6.07, 6.45) is 0. The Labute approximate surface area is 108 Å². The summed E-state index contributed by atoms with van der Waals surface area (Å²) in [7, 11) is 0. The molecule has 0 saturated carbocycles. The fraction of sp³-hybridized carbons (Fsp3) is 0. The van der Waals surface area contributed by atoms with Crippen molar-refractivity contribution in [2.45, 2.75) is 0 Å². The maximum absolute atomic E-state index is 0. The van der Waals surface area contributed by atoms with Crippen LogP contribution in [0, 0.1) is 0 Å². The van der Waals surface area contributed by atoms with Crippen molar-refractivity contribution in [3.05, 3.63) is 0 Å². The molecule has 0 aromatic rings. The Kier molecular flexibility index (Phi) is 107. The summed E-state index contributed by atoms with van der Waals surface area (Å²) in [6.45, 7) is 0. The van der Waals surface area contributed by atoms with Crippen LogP contribution in [0.25, 0.3) is 0 Å². The molecule has 0 saturated heterocycles. The normalized spacial score (nSPS) is 0. The topological polar surface area (TPSA) is 0 Å². The van der Waals surface area contributed by atoms with E-state index < -0.39 is 0 Å². The van der Waals surface area contributed by atoms with Gasteiger partial charge in [-0.05, 0) is 0 Å². The first-order chi connectivity index (χ1) is 0. The van der Waals surface area contributed by atoms with Crippen LogP contribution in [0.2, 0.25) is 0 Å². The third-order valence-corrected chi connectivity index (χ3v) is 0. The summed E-state index contributed by atoms with van der Waals surface area (Å²) in [4.78, 5) is 0. The Morgan fingerprint density at radius 3 is 1.00 bits per heavy atom. The van der Waals surface area contributed by atoms with Gasteiger partial charge in [-0.3, -0.25) is 0 Å². The molecule has 0 aromatic heterocycles. The van der Waals surface area contributed by atoms with E-state index in [1.54, 1.807) is 0 Å². The molecule has 0 heterocycles. The molecule has 0 spiro atoms. The molecule has 0 bridgehead atoms. The summed E-state index contributed by atoms with van der Waals surface area (Å²) in [5.41, 5.74) is 0. The van der Waals surface area contributed by atoms with Crippen LogP contribution in [0.15, 0.2) is 0 Å². The van der Waals surface area contributed by atoms with Gasteiger partial charge in [0.25, 0.3) is 0 Å². The molecule has 4 heavy (non-hydrogen) atoms. The Morgan fingerprint density at radius 1 is 1.00 bits per heavy atom. The second-order valence-electron chi connectivity index (χ2n) is 0. The van der Waals surface area contributed by atoms with Gasteiger partial charge in [-0.1, -0.05) is 0 Å². The van der Waals surface area contributed by atoms with Gasteiger partial charge in [-0.15, -0.1) is 0 Å². The van der Waals surface area contributed by atoms with Gasteiger partial charge in [0.05, 0.1) is 0 Å². The zero-order valence-corrected chi connectivity index (χ0v) is 10.1. The largest absolute Gasteiger partial charge is 1.00 e. The van der Waals surface area contributed by atoms with E-state index in [0.717, 1.165) is 0 Å². The average Bonchev–Trinajstić information content (AvgIpc) is 0. The molecule has 20 valence electrons. The van der Waals surface area contributed by atoms with Crippen LogP contribution in [-0.4, -0.2) is 0 Å². The predicted octanol–water partition coefficient (Wildman–Crippen LogP) is -5.54. The first-order valence-electron chi connectivity index (χ1n) is 0. The first-order valence-corrected chi connectivity index (χ1v) is 0. The van der Waals surface area contributed by atoms with E-state index in [9.17, 15) is 0 Å². The Bertz CT molecular complexity index is 11.5. The number of hydrogen-bond donors (Lipinski definition) is 0. The molecule has 0 aromatic carbocycles.